The topological polar surface area (TPSA) is 21.3 Å². The van der Waals surface area contributed by atoms with Crippen molar-refractivity contribution in [3.63, 3.8) is 0 Å². The van der Waals surface area contributed by atoms with Crippen molar-refractivity contribution in [2.75, 3.05) is 19.7 Å². The Morgan fingerprint density at radius 2 is 1.94 bits per heavy atom. The van der Waals surface area contributed by atoms with E-state index < -0.39 is 0 Å². The molecule has 0 atom stereocenters. The van der Waals surface area contributed by atoms with Crippen LogP contribution < -0.4 is 10.1 Å². The van der Waals surface area contributed by atoms with Gasteiger partial charge in [0.25, 0.3) is 0 Å². The van der Waals surface area contributed by atoms with Crippen LogP contribution in [0, 0.1) is 20.8 Å². The van der Waals surface area contributed by atoms with Gasteiger partial charge in [-0.1, -0.05) is 22.9 Å². The van der Waals surface area contributed by atoms with Crippen molar-refractivity contribution in [2.24, 2.45) is 0 Å². The molecule has 16 heavy (non-hydrogen) atoms. The molecule has 0 fully saturated rings. The molecule has 1 rings (SSSR count). The Morgan fingerprint density at radius 3 is 2.56 bits per heavy atom. The number of likely N-dealkylation sites (N-methyl/N-ethyl adjacent to an activating group) is 1. The minimum atomic E-state index is 0.719. The first-order valence-corrected chi connectivity index (χ1v) is 6.47. The van der Waals surface area contributed by atoms with Crippen molar-refractivity contribution in [3.05, 3.63) is 27.2 Å². The summed E-state index contributed by atoms with van der Waals surface area (Å²) in [4.78, 5) is 0. The summed E-state index contributed by atoms with van der Waals surface area (Å²) < 4.78 is 6.98. The summed E-state index contributed by atoms with van der Waals surface area (Å²) in [5.41, 5.74) is 3.67. The Kier molecular flexibility index (Phi) is 5.29. The molecule has 0 radical (unpaired) electrons. The van der Waals surface area contributed by atoms with Crippen molar-refractivity contribution in [2.45, 2.75) is 27.7 Å². The number of hydrogen-bond donors (Lipinski definition) is 1. The van der Waals surface area contributed by atoms with Gasteiger partial charge in [-0.25, -0.2) is 0 Å². The van der Waals surface area contributed by atoms with E-state index in [1.807, 2.05) is 0 Å². The number of aryl methyl sites for hydroxylation is 1. The normalized spacial score (nSPS) is 10.6. The third-order valence-corrected chi connectivity index (χ3v) is 3.56. The second-order valence-corrected chi connectivity index (χ2v) is 4.81. The number of halogens is 1. The fourth-order valence-corrected chi connectivity index (χ4v) is 2.27. The van der Waals surface area contributed by atoms with E-state index in [1.165, 1.54) is 16.7 Å². The lowest BCUT2D eigenvalue weighted by molar-refractivity contribution is 0.311. The molecule has 0 aromatic heterocycles. The smallest absolute Gasteiger partial charge is 0.125 e. The molecule has 0 bridgehead atoms. The zero-order valence-electron chi connectivity index (χ0n) is 10.5. The van der Waals surface area contributed by atoms with Crippen LogP contribution in [0.3, 0.4) is 0 Å². The molecule has 0 amide bonds. The number of ether oxygens (including phenoxy) is 1. The van der Waals surface area contributed by atoms with Crippen molar-refractivity contribution >= 4 is 15.9 Å². The molecule has 1 aromatic rings. The van der Waals surface area contributed by atoms with Gasteiger partial charge in [0.1, 0.15) is 12.4 Å². The summed E-state index contributed by atoms with van der Waals surface area (Å²) in [5.74, 6) is 1.03. The summed E-state index contributed by atoms with van der Waals surface area (Å²) in [6, 6.07) is 2.12. The van der Waals surface area contributed by atoms with Gasteiger partial charge < -0.3 is 10.1 Å². The Bertz CT molecular complexity index is 363. The molecule has 0 unspecified atom stereocenters. The molecule has 0 heterocycles. The zero-order chi connectivity index (χ0) is 12.1. The van der Waals surface area contributed by atoms with Crippen LogP contribution in [-0.2, 0) is 0 Å². The van der Waals surface area contributed by atoms with Gasteiger partial charge in [0, 0.05) is 11.0 Å². The summed E-state index contributed by atoms with van der Waals surface area (Å²) >= 11 is 3.56. The van der Waals surface area contributed by atoms with Crippen LogP contribution in [0.2, 0.25) is 0 Å². The van der Waals surface area contributed by atoms with Gasteiger partial charge in [-0.2, -0.15) is 0 Å². The van der Waals surface area contributed by atoms with E-state index in [9.17, 15) is 0 Å². The summed E-state index contributed by atoms with van der Waals surface area (Å²) in [6.07, 6.45) is 0. The van der Waals surface area contributed by atoms with Crippen LogP contribution in [0.15, 0.2) is 10.5 Å². The standard InChI is InChI=1S/C13H20BrNO/c1-5-15-6-7-16-13-9(2)8-12(14)10(3)11(13)4/h8,15H,5-7H2,1-4H3. The maximum atomic E-state index is 5.82. The van der Waals surface area contributed by atoms with E-state index in [4.69, 9.17) is 4.74 Å². The predicted molar refractivity (Wildman–Crippen MR) is 72.4 cm³/mol. The highest BCUT2D eigenvalue weighted by molar-refractivity contribution is 9.10. The highest BCUT2D eigenvalue weighted by atomic mass is 79.9. The average Bonchev–Trinajstić information content (AvgIpc) is 2.25. The summed E-state index contributed by atoms with van der Waals surface area (Å²) in [5, 5.41) is 3.25. The van der Waals surface area contributed by atoms with Gasteiger partial charge in [0.2, 0.25) is 0 Å². The Labute approximate surface area is 107 Å². The average molecular weight is 286 g/mol. The van der Waals surface area contributed by atoms with Crippen molar-refractivity contribution in [1.82, 2.24) is 5.32 Å². The van der Waals surface area contributed by atoms with E-state index >= 15 is 0 Å². The zero-order valence-corrected chi connectivity index (χ0v) is 12.1. The van der Waals surface area contributed by atoms with Gasteiger partial charge in [-0.3, -0.25) is 0 Å². The number of hydrogen-bond acceptors (Lipinski definition) is 2. The second-order valence-electron chi connectivity index (χ2n) is 3.96. The Hall–Kier alpha value is -0.540. The van der Waals surface area contributed by atoms with Gasteiger partial charge >= 0.3 is 0 Å². The number of nitrogens with one attached hydrogen (secondary N) is 1. The molecule has 0 aliphatic heterocycles. The molecule has 0 spiro atoms. The maximum Gasteiger partial charge on any atom is 0.125 e. The summed E-state index contributed by atoms with van der Waals surface area (Å²) in [6.45, 7) is 11.0. The molecule has 1 aromatic carbocycles. The molecule has 3 heteroatoms. The minimum Gasteiger partial charge on any atom is -0.492 e. The third kappa shape index (κ3) is 3.22. The number of rotatable bonds is 5. The minimum absolute atomic E-state index is 0.719. The lowest BCUT2D eigenvalue weighted by Crippen LogP contribution is -2.20. The molecule has 0 saturated heterocycles. The summed E-state index contributed by atoms with van der Waals surface area (Å²) in [7, 11) is 0. The van der Waals surface area contributed by atoms with E-state index in [2.05, 4.69) is 55.0 Å². The molecule has 0 aliphatic rings. The Balaban J connectivity index is 2.76. The van der Waals surface area contributed by atoms with Crippen LogP contribution in [0.25, 0.3) is 0 Å². The van der Waals surface area contributed by atoms with Crippen LogP contribution in [0.1, 0.15) is 23.6 Å². The van der Waals surface area contributed by atoms with Gasteiger partial charge in [-0.05, 0) is 50.1 Å². The first-order chi connectivity index (χ1) is 7.57. The monoisotopic (exact) mass is 285 g/mol. The van der Waals surface area contributed by atoms with Gasteiger partial charge in [-0.15, -0.1) is 0 Å². The van der Waals surface area contributed by atoms with Crippen LogP contribution in [0.4, 0.5) is 0 Å². The number of benzene rings is 1. The SMILES string of the molecule is CCNCCOc1c(C)cc(Br)c(C)c1C. The van der Waals surface area contributed by atoms with Gasteiger partial charge in [0.15, 0.2) is 0 Å². The fourth-order valence-electron chi connectivity index (χ4n) is 1.63. The van der Waals surface area contributed by atoms with E-state index in [1.54, 1.807) is 0 Å². The molecular weight excluding hydrogens is 266 g/mol. The first-order valence-electron chi connectivity index (χ1n) is 5.67. The highest BCUT2D eigenvalue weighted by Crippen LogP contribution is 2.31. The third-order valence-electron chi connectivity index (χ3n) is 2.74. The van der Waals surface area contributed by atoms with Crippen molar-refractivity contribution in [1.29, 1.82) is 0 Å². The molecule has 0 aliphatic carbocycles. The molecule has 90 valence electrons. The Morgan fingerprint density at radius 1 is 1.25 bits per heavy atom. The first kappa shape index (κ1) is 13.5. The van der Waals surface area contributed by atoms with Crippen LogP contribution in [-0.4, -0.2) is 19.7 Å². The maximum absolute atomic E-state index is 5.82. The predicted octanol–water partition coefficient (Wildman–Crippen LogP) is 3.36. The molecular formula is C13H20BrNO. The second kappa shape index (κ2) is 6.26. The molecule has 1 N–H and O–H groups in total. The van der Waals surface area contributed by atoms with Gasteiger partial charge in [0.05, 0.1) is 0 Å². The molecule has 0 saturated carbocycles. The highest BCUT2D eigenvalue weighted by Gasteiger charge is 2.09. The molecule has 2 nitrogen and oxygen atoms in total. The van der Waals surface area contributed by atoms with E-state index in [-0.39, 0.29) is 0 Å². The largest absolute Gasteiger partial charge is 0.492 e. The van der Waals surface area contributed by atoms with E-state index in [0.29, 0.717) is 0 Å². The fraction of sp³-hybridized carbons (Fsp3) is 0.538. The van der Waals surface area contributed by atoms with Crippen LogP contribution in [0.5, 0.6) is 5.75 Å². The quantitative estimate of drug-likeness (QED) is 0.838. The lowest BCUT2D eigenvalue weighted by Gasteiger charge is -2.15. The van der Waals surface area contributed by atoms with Crippen molar-refractivity contribution < 1.29 is 4.74 Å². The van der Waals surface area contributed by atoms with Crippen molar-refractivity contribution in [3.8, 4) is 5.75 Å². The van der Waals surface area contributed by atoms with E-state index in [0.717, 1.165) is 29.9 Å². The van der Waals surface area contributed by atoms with Crippen LogP contribution >= 0.6 is 15.9 Å². The lowest BCUT2D eigenvalue weighted by atomic mass is 10.1.